The summed E-state index contributed by atoms with van der Waals surface area (Å²) in [6, 6.07) is 4.49. The summed E-state index contributed by atoms with van der Waals surface area (Å²) in [5, 5.41) is 9.41. The van der Waals surface area contributed by atoms with Crippen molar-refractivity contribution in [2.24, 2.45) is 0 Å². The first kappa shape index (κ1) is 14.9. The van der Waals surface area contributed by atoms with Crippen LogP contribution < -0.4 is 10.6 Å². The molecule has 1 aliphatic heterocycles. The van der Waals surface area contributed by atoms with Crippen molar-refractivity contribution >= 4 is 17.2 Å². The molecule has 2 N–H and O–H groups in total. The summed E-state index contributed by atoms with van der Waals surface area (Å²) < 4.78 is 2.13. The third-order valence-corrected chi connectivity index (χ3v) is 5.11. The van der Waals surface area contributed by atoms with Crippen LogP contribution in [0.5, 0.6) is 0 Å². The number of carbonyl (C=O) groups excluding carboxylic acids is 1. The number of aromatic nitrogens is 2. The van der Waals surface area contributed by atoms with Crippen LogP contribution in [0, 0.1) is 0 Å². The zero-order valence-corrected chi connectivity index (χ0v) is 13.8. The summed E-state index contributed by atoms with van der Waals surface area (Å²) in [5.74, 6) is 0.146. The Bertz CT molecular complexity index is 664. The molecule has 2 aromatic rings. The van der Waals surface area contributed by atoms with Gasteiger partial charge in [-0.15, -0.1) is 11.3 Å². The molecular weight excluding hydrogens is 310 g/mol. The lowest BCUT2D eigenvalue weighted by molar-refractivity contribution is -0.124. The minimum absolute atomic E-state index is 0.104. The third kappa shape index (κ3) is 3.46. The highest BCUT2D eigenvalue weighted by atomic mass is 32.1. The molecule has 0 unspecified atom stereocenters. The average molecular weight is 331 g/mol. The van der Waals surface area contributed by atoms with Crippen molar-refractivity contribution in [2.75, 3.05) is 19.6 Å². The highest BCUT2D eigenvalue weighted by Gasteiger charge is 2.30. The highest BCUT2D eigenvalue weighted by Crippen LogP contribution is 2.19. The number of rotatable bonds is 5. The number of carbonyl (C=O) groups is 1. The Kier molecular flexibility index (Phi) is 4.15. The van der Waals surface area contributed by atoms with Gasteiger partial charge in [-0.05, 0) is 25.0 Å². The van der Waals surface area contributed by atoms with Crippen molar-refractivity contribution in [1.82, 2.24) is 25.1 Å². The van der Waals surface area contributed by atoms with Crippen LogP contribution in [0.25, 0.3) is 5.13 Å². The van der Waals surface area contributed by atoms with Gasteiger partial charge in [-0.25, -0.2) is 4.98 Å². The zero-order chi connectivity index (χ0) is 15.6. The number of nitrogens with zero attached hydrogens (tertiary/aromatic N) is 3. The molecule has 122 valence electrons. The molecule has 6 nitrogen and oxygen atoms in total. The molecule has 0 aromatic carbocycles. The van der Waals surface area contributed by atoms with E-state index >= 15 is 0 Å². The lowest BCUT2D eigenvalue weighted by Crippen LogP contribution is -2.57. The van der Waals surface area contributed by atoms with Gasteiger partial charge in [-0.3, -0.25) is 14.3 Å². The van der Waals surface area contributed by atoms with Gasteiger partial charge in [0.1, 0.15) is 0 Å². The van der Waals surface area contributed by atoms with Crippen LogP contribution in [-0.4, -0.2) is 52.1 Å². The second kappa shape index (κ2) is 6.43. The van der Waals surface area contributed by atoms with Gasteiger partial charge in [0.05, 0.1) is 6.04 Å². The van der Waals surface area contributed by atoms with E-state index in [0.717, 1.165) is 44.2 Å². The molecule has 4 rings (SSSR count). The van der Waals surface area contributed by atoms with E-state index in [2.05, 4.69) is 37.2 Å². The largest absolute Gasteiger partial charge is 0.352 e. The van der Waals surface area contributed by atoms with E-state index < -0.39 is 0 Å². The van der Waals surface area contributed by atoms with Gasteiger partial charge in [0, 0.05) is 55.7 Å². The monoisotopic (exact) mass is 331 g/mol. The smallest absolute Gasteiger partial charge is 0.238 e. The first-order valence-electron chi connectivity index (χ1n) is 8.12. The fourth-order valence-corrected chi connectivity index (χ4v) is 3.61. The third-order valence-electron chi connectivity index (χ3n) is 4.34. The highest BCUT2D eigenvalue weighted by molar-refractivity contribution is 7.12. The second-order valence-electron chi connectivity index (χ2n) is 6.21. The Morgan fingerprint density at radius 2 is 2.39 bits per heavy atom. The Morgan fingerprint density at radius 1 is 1.48 bits per heavy atom. The van der Waals surface area contributed by atoms with Crippen molar-refractivity contribution in [2.45, 2.75) is 31.5 Å². The maximum Gasteiger partial charge on any atom is 0.238 e. The Hall–Kier alpha value is -1.70. The summed E-state index contributed by atoms with van der Waals surface area (Å²) in [4.78, 5) is 19.0. The van der Waals surface area contributed by atoms with Crippen LogP contribution in [0.2, 0.25) is 0 Å². The van der Waals surface area contributed by atoms with E-state index in [1.54, 1.807) is 11.3 Å². The van der Waals surface area contributed by atoms with Crippen LogP contribution in [0.4, 0.5) is 0 Å². The van der Waals surface area contributed by atoms with Gasteiger partial charge in [-0.2, -0.15) is 0 Å². The Balaban J connectivity index is 1.40. The quantitative estimate of drug-likeness (QED) is 0.858. The number of hydrogen-bond acceptors (Lipinski definition) is 5. The van der Waals surface area contributed by atoms with Gasteiger partial charge in [0.25, 0.3) is 0 Å². The Morgan fingerprint density at radius 3 is 3.17 bits per heavy atom. The van der Waals surface area contributed by atoms with E-state index in [4.69, 9.17) is 0 Å². The predicted molar refractivity (Wildman–Crippen MR) is 89.7 cm³/mol. The molecule has 2 aromatic heterocycles. The molecular formula is C16H21N5OS. The topological polar surface area (TPSA) is 62.2 Å². The molecule has 0 spiro atoms. The van der Waals surface area contributed by atoms with Gasteiger partial charge < -0.3 is 10.6 Å². The van der Waals surface area contributed by atoms with Gasteiger partial charge in [0.15, 0.2) is 5.13 Å². The summed E-state index contributed by atoms with van der Waals surface area (Å²) in [7, 11) is 0. The summed E-state index contributed by atoms with van der Waals surface area (Å²) in [6.07, 6.45) is 6.13. The predicted octanol–water partition coefficient (Wildman–Crippen LogP) is 0.986. The number of hydrogen-bond donors (Lipinski definition) is 2. The van der Waals surface area contributed by atoms with Crippen molar-refractivity contribution in [1.29, 1.82) is 0 Å². The maximum atomic E-state index is 12.2. The van der Waals surface area contributed by atoms with Crippen molar-refractivity contribution in [3.05, 3.63) is 35.6 Å². The maximum absolute atomic E-state index is 12.2. The molecule has 2 aliphatic rings. The lowest BCUT2D eigenvalue weighted by atomic mass is 10.2. The molecule has 1 aliphatic carbocycles. The van der Waals surface area contributed by atoms with Crippen molar-refractivity contribution < 1.29 is 4.79 Å². The lowest BCUT2D eigenvalue weighted by Gasteiger charge is -2.33. The number of thiazole rings is 1. The first-order chi connectivity index (χ1) is 11.3. The van der Waals surface area contributed by atoms with Crippen molar-refractivity contribution in [3.8, 4) is 5.13 Å². The molecule has 0 bridgehead atoms. The van der Waals surface area contributed by atoms with Crippen LogP contribution in [0.1, 0.15) is 18.5 Å². The first-order valence-corrected chi connectivity index (χ1v) is 9.00. The molecule has 1 saturated heterocycles. The fraction of sp³-hybridized carbons (Fsp3) is 0.500. The van der Waals surface area contributed by atoms with Crippen LogP contribution in [0.15, 0.2) is 29.9 Å². The van der Waals surface area contributed by atoms with E-state index in [1.165, 1.54) is 5.69 Å². The molecule has 1 amide bonds. The summed E-state index contributed by atoms with van der Waals surface area (Å²) in [5.41, 5.74) is 1.21. The zero-order valence-electron chi connectivity index (χ0n) is 12.9. The molecule has 1 saturated carbocycles. The summed E-state index contributed by atoms with van der Waals surface area (Å²) >= 11 is 1.63. The molecule has 1 atom stereocenters. The minimum atomic E-state index is -0.104. The number of piperazine rings is 1. The van der Waals surface area contributed by atoms with Gasteiger partial charge >= 0.3 is 0 Å². The van der Waals surface area contributed by atoms with Crippen LogP contribution >= 0.6 is 11.3 Å². The van der Waals surface area contributed by atoms with Crippen LogP contribution in [-0.2, 0) is 11.3 Å². The molecule has 3 heterocycles. The van der Waals surface area contributed by atoms with Gasteiger partial charge in [0.2, 0.25) is 5.91 Å². The van der Waals surface area contributed by atoms with Gasteiger partial charge in [-0.1, -0.05) is 0 Å². The standard InChI is InChI=1S/C16H21N5OS/c22-15(19-12-3-4-12)14-11-20(8-5-17-14)10-13-2-1-7-21(13)16-18-6-9-23-16/h1-2,6-7,9,12,14,17H,3-5,8,10-11H2,(H,19,22)/t14-/m1/s1. The molecule has 2 fully saturated rings. The molecule has 23 heavy (non-hydrogen) atoms. The number of amides is 1. The van der Waals surface area contributed by atoms with Crippen LogP contribution in [0.3, 0.4) is 0 Å². The fourth-order valence-electron chi connectivity index (χ4n) is 2.96. The SMILES string of the molecule is O=C(NC1CC1)[C@H]1CN(Cc2cccn2-c2nccs2)CCN1. The second-order valence-corrected chi connectivity index (χ2v) is 7.08. The van der Waals surface area contributed by atoms with Crippen molar-refractivity contribution in [3.63, 3.8) is 0 Å². The number of nitrogens with one attached hydrogen (secondary N) is 2. The normalized spacial score (nSPS) is 22.2. The minimum Gasteiger partial charge on any atom is -0.352 e. The summed E-state index contributed by atoms with van der Waals surface area (Å²) in [6.45, 7) is 3.39. The van der Waals surface area contributed by atoms with E-state index in [9.17, 15) is 4.79 Å². The van der Waals surface area contributed by atoms with E-state index in [-0.39, 0.29) is 11.9 Å². The molecule has 0 radical (unpaired) electrons. The van der Waals surface area contributed by atoms with E-state index in [1.807, 2.05) is 17.8 Å². The molecule has 7 heteroatoms. The Labute approximate surface area is 139 Å². The van der Waals surface area contributed by atoms with E-state index in [0.29, 0.717) is 6.04 Å². The average Bonchev–Trinajstić information content (AvgIpc) is 3.03.